The summed E-state index contributed by atoms with van der Waals surface area (Å²) >= 11 is 0. The van der Waals surface area contributed by atoms with E-state index in [2.05, 4.69) is 6.92 Å². The van der Waals surface area contributed by atoms with E-state index in [-0.39, 0.29) is 0 Å². The van der Waals surface area contributed by atoms with Crippen molar-refractivity contribution in [3.8, 4) is 0 Å². The Balaban J connectivity index is 0.000000561. The molecule has 12 heavy (non-hydrogen) atoms. The van der Waals surface area contributed by atoms with Crippen molar-refractivity contribution >= 4 is 10.8 Å². The van der Waals surface area contributed by atoms with Crippen LogP contribution in [0.2, 0.25) is 0 Å². The van der Waals surface area contributed by atoms with E-state index in [0.717, 1.165) is 5.92 Å². The first kappa shape index (κ1) is 12.2. The molecular weight excluding hydrogens is 168 g/mol. The molecule has 0 aromatic rings. The number of rotatable bonds is 1. The quantitative estimate of drug-likeness (QED) is 0.621. The van der Waals surface area contributed by atoms with Gasteiger partial charge in [-0.2, -0.15) is 0 Å². The molecule has 1 aliphatic carbocycles. The molecule has 0 aromatic carbocycles. The second-order valence-corrected chi connectivity index (χ2v) is 5.04. The lowest BCUT2D eigenvalue weighted by Crippen LogP contribution is -2.20. The van der Waals surface area contributed by atoms with Crippen LogP contribution < -0.4 is 0 Å². The Morgan fingerprint density at radius 1 is 1.08 bits per heavy atom. The second kappa shape index (κ2) is 6.64. The van der Waals surface area contributed by atoms with Crippen molar-refractivity contribution in [3.05, 3.63) is 0 Å². The molecule has 1 nitrogen and oxygen atoms in total. The second-order valence-electron chi connectivity index (χ2n) is 3.38. The molecule has 0 aliphatic heterocycles. The molecule has 1 rings (SSSR count). The molecule has 0 bridgehead atoms. The molecule has 0 heterocycles. The maximum Gasteiger partial charge on any atom is 0.0345 e. The first-order valence-electron chi connectivity index (χ1n) is 5.02. The minimum Gasteiger partial charge on any atom is -0.260 e. The van der Waals surface area contributed by atoms with Gasteiger partial charge >= 0.3 is 0 Å². The molecule has 74 valence electrons. The Hall–Kier alpha value is 0.150. The topological polar surface area (TPSA) is 17.1 Å². The fourth-order valence-corrected chi connectivity index (χ4v) is 2.50. The van der Waals surface area contributed by atoms with Gasteiger partial charge in [0.05, 0.1) is 0 Å². The first-order valence-corrected chi connectivity index (χ1v) is 6.64. The Morgan fingerprint density at radius 2 is 1.50 bits per heavy atom. The summed E-state index contributed by atoms with van der Waals surface area (Å²) in [6.45, 7) is 6.29. The smallest absolute Gasteiger partial charge is 0.0345 e. The van der Waals surface area contributed by atoms with Crippen molar-refractivity contribution in [2.75, 3.05) is 6.26 Å². The predicted molar refractivity (Wildman–Crippen MR) is 56.8 cm³/mol. The van der Waals surface area contributed by atoms with Gasteiger partial charge in [0.1, 0.15) is 0 Å². The van der Waals surface area contributed by atoms with Gasteiger partial charge in [0.15, 0.2) is 0 Å². The Kier molecular flexibility index (Phi) is 6.73. The molecule has 1 unspecified atom stereocenters. The molecule has 1 aliphatic rings. The van der Waals surface area contributed by atoms with Gasteiger partial charge in [-0.15, -0.1) is 0 Å². The SMILES string of the molecule is CC.CC1CCC(S(C)=O)CC1. The predicted octanol–water partition coefficient (Wildman–Crippen LogP) is 2.97. The van der Waals surface area contributed by atoms with Crippen LogP contribution in [0.1, 0.15) is 46.5 Å². The van der Waals surface area contributed by atoms with E-state index in [0.29, 0.717) is 5.25 Å². The summed E-state index contributed by atoms with van der Waals surface area (Å²) in [6, 6.07) is 0. The lowest BCUT2D eigenvalue weighted by Gasteiger charge is -2.23. The monoisotopic (exact) mass is 190 g/mol. The van der Waals surface area contributed by atoms with Crippen LogP contribution in [0.15, 0.2) is 0 Å². The summed E-state index contributed by atoms with van der Waals surface area (Å²) in [5, 5.41) is 0.510. The minimum atomic E-state index is -0.567. The molecular formula is C10H22OS. The summed E-state index contributed by atoms with van der Waals surface area (Å²) in [5.74, 6) is 0.875. The largest absolute Gasteiger partial charge is 0.260 e. The van der Waals surface area contributed by atoms with Gasteiger partial charge in [0.2, 0.25) is 0 Å². The van der Waals surface area contributed by atoms with Gasteiger partial charge < -0.3 is 0 Å². The normalized spacial score (nSPS) is 31.7. The average molecular weight is 190 g/mol. The molecule has 0 radical (unpaired) electrons. The minimum absolute atomic E-state index is 0.510. The third-order valence-electron chi connectivity index (χ3n) is 2.43. The summed E-state index contributed by atoms with van der Waals surface area (Å²) in [4.78, 5) is 0. The van der Waals surface area contributed by atoms with Crippen molar-refractivity contribution in [1.29, 1.82) is 0 Å². The van der Waals surface area contributed by atoms with Crippen molar-refractivity contribution in [2.45, 2.75) is 51.7 Å². The number of hydrogen-bond donors (Lipinski definition) is 0. The fraction of sp³-hybridized carbons (Fsp3) is 1.00. The zero-order valence-corrected chi connectivity index (χ0v) is 9.62. The first-order chi connectivity index (χ1) is 5.70. The van der Waals surface area contributed by atoms with E-state index < -0.39 is 10.8 Å². The highest BCUT2D eigenvalue weighted by Crippen LogP contribution is 2.25. The van der Waals surface area contributed by atoms with E-state index in [1.54, 1.807) is 0 Å². The van der Waals surface area contributed by atoms with Crippen molar-refractivity contribution in [3.63, 3.8) is 0 Å². The maximum atomic E-state index is 11.0. The Bertz CT molecular complexity index is 126. The van der Waals surface area contributed by atoms with Crippen LogP contribution in [0.25, 0.3) is 0 Å². The molecule has 0 saturated heterocycles. The molecule has 1 atom stereocenters. The van der Waals surface area contributed by atoms with Gasteiger partial charge in [0.25, 0.3) is 0 Å². The zero-order chi connectivity index (χ0) is 9.56. The van der Waals surface area contributed by atoms with E-state index in [4.69, 9.17) is 0 Å². The third-order valence-corrected chi connectivity index (χ3v) is 3.84. The molecule has 0 N–H and O–H groups in total. The average Bonchev–Trinajstić information content (AvgIpc) is 2.09. The molecule has 1 fully saturated rings. The molecule has 1 saturated carbocycles. The van der Waals surface area contributed by atoms with Crippen molar-refractivity contribution < 1.29 is 4.21 Å². The van der Waals surface area contributed by atoms with Crippen LogP contribution in [0.3, 0.4) is 0 Å². The molecule has 0 aromatic heterocycles. The van der Waals surface area contributed by atoms with Gasteiger partial charge in [-0.1, -0.05) is 20.8 Å². The summed E-state index contributed by atoms with van der Waals surface area (Å²) in [6.07, 6.45) is 6.77. The summed E-state index contributed by atoms with van der Waals surface area (Å²) in [7, 11) is -0.567. The van der Waals surface area contributed by atoms with E-state index >= 15 is 0 Å². The van der Waals surface area contributed by atoms with Crippen LogP contribution in [-0.4, -0.2) is 15.7 Å². The zero-order valence-electron chi connectivity index (χ0n) is 8.80. The standard InChI is InChI=1S/C8H16OS.C2H6/c1-7-3-5-8(6-4-7)10(2)9;1-2/h7-8H,3-6H2,1-2H3;1-2H3. The van der Waals surface area contributed by atoms with Crippen LogP contribution in [0.5, 0.6) is 0 Å². The highest BCUT2D eigenvalue weighted by Gasteiger charge is 2.20. The lowest BCUT2D eigenvalue weighted by molar-refractivity contribution is 0.389. The van der Waals surface area contributed by atoms with Gasteiger partial charge in [-0.3, -0.25) is 4.21 Å². The van der Waals surface area contributed by atoms with Crippen LogP contribution in [0, 0.1) is 5.92 Å². The third kappa shape index (κ3) is 4.24. The number of hydrogen-bond acceptors (Lipinski definition) is 1. The lowest BCUT2D eigenvalue weighted by atomic mass is 9.91. The maximum absolute atomic E-state index is 11.0. The van der Waals surface area contributed by atoms with Gasteiger partial charge in [-0.05, 0) is 31.6 Å². The van der Waals surface area contributed by atoms with E-state index in [1.165, 1.54) is 25.7 Å². The molecule has 0 amide bonds. The van der Waals surface area contributed by atoms with Gasteiger partial charge in [-0.25, -0.2) is 0 Å². The van der Waals surface area contributed by atoms with E-state index in [1.807, 2.05) is 20.1 Å². The summed E-state index contributed by atoms with van der Waals surface area (Å²) < 4.78 is 11.0. The molecule has 0 spiro atoms. The fourth-order valence-electron chi connectivity index (χ4n) is 1.56. The van der Waals surface area contributed by atoms with Gasteiger partial charge in [0, 0.05) is 22.3 Å². The Morgan fingerprint density at radius 3 is 1.83 bits per heavy atom. The van der Waals surface area contributed by atoms with Crippen LogP contribution in [0.4, 0.5) is 0 Å². The highest BCUT2D eigenvalue weighted by molar-refractivity contribution is 7.84. The van der Waals surface area contributed by atoms with Crippen LogP contribution in [-0.2, 0) is 10.8 Å². The molecule has 2 heteroatoms. The highest BCUT2D eigenvalue weighted by atomic mass is 32.2. The Labute approximate surface area is 79.4 Å². The van der Waals surface area contributed by atoms with Crippen molar-refractivity contribution in [1.82, 2.24) is 0 Å². The van der Waals surface area contributed by atoms with Crippen LogP contribution >= 0.6 is 0 Å². The van der Waals surface area contributed by atoms with E-state index in [9.17, 15) is 4.21 Å². The van der Waals surface area contributed by atoms with Crippen molar-refractivity contribution in [2.24, 2.45) is 5.92 Å². The summed E-state index contributed by atoms with van der Waals surface area (Å²) in [5.41, 5.74) is 0.